The van der Waals surface area contributed by atoms with Crippen LogP contribution in [0.15, 0.2) is 66.7 Å². The number of carbonyl (C=O) groups is 2. The minimum Gasteiger partial charge on any atom is -0.446 e. The summed E-state index contributed by atoms with van der Waals surface area (Å²) in [6.07, 6.45) is 0.587. The molecular formula is C28H27Cl2N3O3. The quantitative estimate of drug-likeness (QED) is 0.281. The minimum atomic E-state index is -1.50. The molecule has 0 bridgehead atoms. The summed E-state index contributed by atoms with van der Waals surface area (Å²) in [6, 6.07) is 21.2. The Labute approximate surface area is 221 Å². The fourth-order valence-corrected chi connectivity index (χ4v) is 4.25. The average molecular weight is 524 g/mol. The van der Waals surface area contributed by atoms with Crippen LogP contribution in [-0.4, -0.2) is 23.5 Å². The number of amides is 1. The van der Waals surface area contributed by atoms with Crippen molar-refractivity contribution in [3.05, 3.63) is 99.0 Å². The van der Waals surface area contributed by atoms with E-state index in [9.17, 15) is 14.9 Å². The van der Waals surface area contributed by atoms with Gasteiger partial charge in [0.15, 0.2) is 5.60 Å². The van der Waals surface area contributed by atoms with Crippen LogP contribution in [0.25, 0.3) is 0 Å². The fraction of sp³-hybridized carbons (Fsp3) is 0.250. The van der Waals surface area contributed by atoms with Gasteiger partial charge < -0.3 is 15.8 Å². The monoisotopic (exact) mass is 523 g/mol. The molecule has 0 saturated heterocycles. The Morgan fingerprint density at radius 3 is 2.39 bits per heavy atom. The van der Waals surface area contributed by atoms with Crippen molar-refractivity contribution in [1.29, 1.82) is 5.26 Å². The lowest BCUT2D eigenvalue weighted by Crippen LogP contribution is -2.50. The summed E-state index contributed by atoms with van der Waals surface area (Å²) in [4.78, 5) is 26.0. The minimum absolute atomic E-state index is 0.0158. The topological polar surface area (TPSA) is 105 Å². The molecule has 3 aromatic rings. The molecule has 2 atom stereocenters. The van der Waals surface area contributed by atoms with Gasteiger partial charge in [0.2, 0.25) is 0 Å². The van der Waals surface area contributed by atoms with Gasteiger partial charge in [-0.2, -0.15) is 5.26 Å². The van der Waals surface area contributed by atoms with Crippen molar-refractivity contribution in [3.8, 4) is 6.07 Å². The number of nitrogen functional groups attached to an aromatic ring is 1. The average Bonchev–Trinajstić information content (AvgIpc) is 2.83. The number of benzene rings is 3. The summed E-state index contributed by atoms with van der Waals surface area (Å²) < 4.78 is 5.53. The molecule has 0 aromatic heterocycles. The van der Waals surface area contributed by atoms with E-state index in [0.29, 0.717) is 17.0 Å². The van der Waals surface area contributed by atoms with Gasteiger partial charge in [0, 0.05) is 22.7 Å². The molecule has 3 N–H and O–H groups in total. The Bertz CT molecular complexity index is 1280. The van der Waals surface area contributed by atoms with Gasteiger partial charge in [0.1, 0.15) is 5.56 Å². The van der Waals surface area contributed by atoms with Crippen LogP contribution in [0.4, 0.5) is 5.69 Å². The highest BCUT2D eigenvalue weighted by Crippen LogP contribution is 2.28. The first-order valence-corrected chi connectivity index (χ1v) is 12.1. The van der Waals surface area contributed by atoms with Crippen LogP contribution in [-0.2, 0) is 16.0 Å². The zero-order valence-corrected chi connectivity index (χ0v) is 21.7. The Hall–Kier alpha value is -3.53. The molecule has 3 aromatic carbocycles. The van der Waals surface area contributed by atoms with Gasteiger partial charge in [-0.05, 0) is 74.7 Å². The maximum Gasteiger partial charge on any atom is 0.342 e. The molecule has 0 aliphatic heterocycles. The molecule has 0 saturated carbocycles. The highest BCUT2D eigenvalue weighted by molar-refractivity contribution is 6.34. The molecule has 0 fully saturated rings. The summed E-state index contributed by atoms with van der Waals surface area (Å²) in [5.74, 6) is -1.44. The van der Waals surface area contributed by atoms with Crippen molar-refractivity contribution in [1.82, 2.24) is 5.32 Å². The van der Waals surface area contributed by atoms with Crippen molar-refractivity contribution >= 4 is 40.8 Å². The number of hydrogen-bond donors (Lipinski definition) is 2. The first kappa shape index (κ1) is 27.1. The van der Waals surface area contributed by atoms with Crippen molar-refractivity contribution in [2.24, 2.45) is 0 Å². The molecule has 36 heavy (non-hydrogen) atoms. The number of esters is 1. The van der Waals surface area contributed by atoms with Crippen molar-refractivity contribution in [2.75, 3.05) is 5.73 Å². The maximum absolute atomic E-state index is 13.2. The number of halogens is 2. The predicted octanol–water partition coefficient (Wildman–Crippen LogP) is 5.91. The third-order valence-electron chi connectivity index (χ3n) is 5.92. The summed E-state index contributed by atoms with van der Waals surface area (Å²) in [7, 11) is 0. The number of hydrogen-bond acceptors (Lipinski definition) is 5. The first-order valence-electron chi connectivity index (χ1n) is 11.3. The molecule has 8 heteroatoms. The molecular weight excluding hydrogens is 497 g/mol. The summed E-state index contributed by atoms with van der Waals surface area (Å²) >= 11 is 12.2. The second-order valence-corrected chi connectivity index (χ2v) is 9.88. The highest BCUT2D eigenvalue weighted by atomic mass is 35.5. The van der Waals surface area contributed by atoms with Gasteiger partial charge in [-0.25, -0.2) is 4.79 Å². The zero-order valence-electron chi connectivity index (χ0n) is 20.2. The Morgan fingerprint density at radius 1 is 1.08 bits per heavy atom. The van der Waals surface area contributed by atoms with Crippen LogP contribution in [0.1, 0.15) is 53.7 Å². The standard InChI is InChI=1S/C28H27Cl2N3O3/c1-17(33-27(35)28(2,3)36-26(34)25-23(30)8-5-9-24(25)32)22(15-18-10-12-21(29)13-11-18)20-7-4-6-19(14-20)16-31/h4-14,17,22H,15,32H2,1-3H3,(H,33,35). The van der Waals surface area contributed by atoms with Gasteiger partial charge >= 0.3 is 5.97 Å². The van der Waals surface area contributed by atoms with Crippen LogP contribution >= 0.6 is 23.2 Å². The molecule has 1 amide bonds. The second-order valence-electron chi connectivity index (χ2n) is 9.04. The van der Waals surface area contributed by atoms with Crippen LogP contribution in [0.5, 0.6) is 0 Å². The predicted molar refractivity (Wildman–Crippen MR) is 142 cm³/mol. The molecule has 3 rings (SSSR count). The number of rotatable bonds is 8. The normalized spacial score (nSPS) is 12.8. The first-order chi connectivity index (χ1) is 17.0. The third-order valence-corrected chi connectivity index (χ3v) is 6.49. The molecule has 0 aliphatic rings. The number of nitriles is 1. The summed E-state index contributed by atoms with van der Waals surface area (Å²) in [5, 5.41) is 13.1. The molecule has 2 unspecified atom stereocenters. The number of ether oxygens (including phenoxy) is 1. The van der Waals surface area contributed by atoms with Crippen LogP contribution < -0.4 is 11.1 Å². The van der Waals surface area contributed by atoms with E-state index in [1.54, 1.807) is 12.1 Å². The Balaban J connectivity index is 1.82. The van der Waals surface area contributed by atoms with Gasteiger partial charge in [-0.15, -0.1) is 0 Å². The van der Waals surface area contributed by atoms with Crippen molar-refractivity contribution < 1.29 is 14.3 Å². The van der Waals surface area contributed by atoms with Crippen molar-refractivity contribution in [2.45, 2.75) is 44.8 Å². The highest BCUT2D eigenvalue weighted by Gasteiger charge is 2.35. The zero-order chi connectivity index (χ0) is 26.5. The van der Waals surface area contributed by atoms with E-state index in [1.165, 1.54) is 26.0 Å². The lowest BCUT2D eigenvalue weighted by Gasteiger charge is -2.30. The SMILES string of the molecule is CC(NC(=O)C(C)(C)OC(=O)c1c(N)cccc1Cl)C(Cc1ccc(Cl)cc1)c1cccc(C#N)c1. The Kier molecular flexibility index (Phi) is 8.62. The van der Waals surface area contributed by atoms with Crippen LogP contribution in [0.2, 0.25) is 10.0 Å². The van der Waals surface area contributed by atoms with E-state index in [-0.39, 0.29) is 28.2 Å². The largest absolute Gasteiger partial charge is 0.446 e. The summed E-state index contributed by atoms with van der Waals surface area (Å²) in [5.41, 5.74) is 7.01. The number of anilines is 1. The lowest BCUT2D eigenvalue weighted by atomic mass is 9.85. The number of nitrogens with two attached hydrogens (primary N) is 1. The smallest absolute Gasteiger partial charge is 0.342 e. The van der Waals surface area contributed by atoms with E-state index >= 15 is 0 Å². The molecule has 186 valence electrons. The van der Waals surface area contributed by atoms with Gasteiger partial charge in [-0.3, -0.25) is 4.79 Å². The van der Waals surface area contributed by atoms with E-state index in [1.807, 2.05) is 49.4 Å². The van der Waals surface area contributed by atoms with Gasteiger partial charge in [0.05, 0.1) is 16.7 Å². The van der Waals surface area contributed by atoms with Crippen LogP contribution in [0.3, 0.4) is 0 Å². The second kappa shape index (κ2) is 11.5. The Morgan fingerprint density at radius 2 is 1.75 bits per heavy atom. The molecule has 0 spiro atoms. The lowest BCUT2D eigenvalue weighted by molar-refractivity contribution is -0.138. The van der Waals surface area contributed by atoms with Gasteiger partial charge in [0.25, 0.3) is 5.91 Å². The van der Waals surface area contributed by atoms with Crippen LogP contribution in [0, 0.1) is 11.3 Å². The van der Waals surface area contributed by atoms with E-state index in [4.69, 9.17) is 33.7 Å². The van der Waals surface area contributed by atoms with E-state index < -0.39 is 17.5 Å². The molecule has 0 aliphatic carbocycles. The summed E-state index contributed by atoms with van der Waals surface area (Å²) in [6.45, 7) is 4.89. The number of nitrogens with one attached hydrogen (secondary N) is 1. The molecule has 0 heterocycles. The van der Waals surface area contributed by atoms with Crippen molar-refractivity contribution in [3.63, 3.8) is 0 Å². The third kappa shape index (κ3) is 6.57. The number of nitrogens with zero attached hydrogens (tertiary/aromatic N) is 1. The molecule has 6 nitrogen and oxygen atoms in total. The van der Waals surface area contributed by atoms with Gasteiger partial charge in [-0.1, -0.05) is 53.5 Å². The number of carbonyl (C=O) groups excluding carboxylic acids is 2. The van der Waals surface area contributed by atoms with E-state index in [0.717, 1.165) is 11.1 Å². The fourth-order valence-electron chi connectivity index (χ4n) is 3.86. The van der Waals surface area contributed by atoms with E-state index in [2.05, 4.69) is 11.4 Å². The molecule has 0 radical (unpaired) electrons. The maximum atomic E-state index is 13.2.